The number of halogens is 1. The number of nitrogens with one attached hydrogen (secondary N) is 1. The summed E-state index contributed by atoms with van der Waals surface area (Å²) in [7, 11) is 0. The summed E-state index contributed by atoms with van der Waals surface area (Å²) in [6.07, 6.45) is 2.28. The predicted molar refractivity (Wildman–Crippen MR) is 81.3 cm³/mol. The van der Waals surface area contributed by atoms with Crippen molar-refractivity contribution in [1.82, 2.24) is 9.97 Å². The number of hydrogen-bond donors (Lipinski definition) is 1. The molecule has 0 unspecified atom stereocenters. The Morgan fingerprint density at radius 3 is 2.90 bits per heavy atom. The SMILES string of the molecule is O=c1[nH]c(N2CCCC2)nc2c1oc1ccc(Br)cc12. The highest BCUT2D eigenvalue weighted by atomic mass is 79.9. The fourth-order valence-electron chi connectivity index (χ4n) is 2.69. The molecule has 1 aromatic carbocycles. The zero-order valence-corrected chi connectivity index (χ0v) is 12.2. The summed E-state index contributed by atoms with van der Waals surface area (Å²) < 4.78 is 6.55. The van der Waals surface area contributed by atoms with E-state index in [0.717, 1.165) is 35.8 Å². The molecule has 1 N–H and O–H groups in total. The summed E-state index contributed by atoms with van der Waals surface area (Å²) in [5.41, 5.74) is 1.39. The number of H-pyrrole nitrogens is 1. The van der Waals surface area contributed by atoms with E-state index in [1.165, 1.54) is 0 Å². The van der Waals surface area contributed by atoms with Crippen molar-refractivity contribution in [2.75, 3.05) is 18.0 Å². The van der Waals surface area contributed by atoms with Gasteiger partial charge in [0, 0.05) is 22.9 Å². The van der Waals surface area contributed by atoms with Crippen LogP contribution in [0.3, 0.4) is 0 Å². The maximum absolute atomic E-state index is 12.2. The van der Waals surface area contributed by atoms with Crippen LogP contribution < -0.4 is 10.5 Å². The van der Waals surface area contributed by atoms with E-state index in [1.54, 1.807) is 0 Å². The van der Waals surface area contributed by atoms with Crippen LogP contribution in [-0.2, 0) is 0 Å². The van der Waals surface area contributed by atoms with E-state index in [1.807, 2.05) is 18.2 Å². The normalized spacial score (nSPS) is 15.6. The van der Waals surface area contributed by atoms with Gasteiger partial charge in [-0.3, -0.25) is 9.78 Å². The molecule has 0 saturated carbocycles. The summed E-state index contributed by atoms with van der Waals surface area (Å²) in [6, 6.07) is 5.66. The van der Waals surface area contributed by atoms with Gasteiger partial charge in [0.25, 0.3) is 5.56 Å². The molecule has 5 nitrogen and oxygen atoms in total. The Kier molecular flexibility index (Phi) is 2.60. The van der Waals surface area contributed by atoms with Gasteiger partial charge in [0.15, 0.2) is 0 Å². The Morgan fingerprint density at radius 1 is 1.30 bits per heavy atom. The third-order valence-electron chi connectivity index (χ3n) is 3.68. The van der Waals surface area contributed by atoms with Crippen molar-refractivity contribution in [2.45, 2.75) is 12.8 Å². The number of anilines is 1. The van der Waals surface area contributed by atoms with Crippen molar-refractivity contribution < 1.29 is 4.42 Å². The van der Waals surface area contributed by atoms with Crippen LogP contribution in [0.5, 0.6) is 0 Å². The Balaban J connectivity index is 2.03. The summed E-state index contributed by atoms with van der Waals surface area (Å²) in [5, 5.41) is 0.862. The topological polar surface area (TPSA) is 62.1 Å². The number of aromatic nitrogens is 2. The smallest absolute Gasteiger partial charge is 0.296 e. The van der Waals surface area contributed by atoms with Gasteiger partial charge >= 0.3 is 0 Å². The van der Waals surface area contributed by atoms with E-state index in [9.17, 15) is 4.79 Å². The lowest BCUT2D eigenvalue weighted by Gasteiger charge is -2.14. The van der Waals surface area contributed by atoms with E-state index >= 15 is 0 Å². The Morgan fingerprint density at radius 2 is 2.10 bits per heavy atom. The van der Waals surface area contributed by atoms with Gasteiger partial charge in [0.05, 0.1) is 0 Å². The first kappa shape index (κ1) is 12.0. The number of rotatable bonds is 1. The molecule has 1 saturated heterocycles. The van der Waals surface area contributed by atoms with Gasteiger partial charge in [-0.15, -0.1) is 0 Å². The number of furan rings is 1. The highest BCUT2D eigenvalue weighted by molar-refractivity contribution is 9.10. The molecular weight excluding hydrogens is 322 g/mol. The Bertz CT molecular complexity index is 862. The lowest BCUT2D eigenvalue weighted by Crippen LogP contribution is -2.23. The first-order chi connectivity index (χ1) is 9.72. The highest BCUT2D eigenvalue weighted by Gasteiger charge is 2.18. The van der Waals surface area contributed by atoms with Crippen LogP contribution in [0.1, 0.15) is 12.8 Å². The van der Waals surface area contributed by atoms with Gasteiger partial charge in [0.1, 0.15) is 11.1 Å². The van der Waals surface area contributed by atoms with E-state index < -0.39 is 0 Å². The van der Waals surface area contributed by atoms with Crippen molar-refractivity contribution in [3.63, 3.8) is 0 Å². The lowest BCUT2D eigenvalue weighted by molar-refractivity contribution is 0.660. The maximum atomic E-state index is 12.2. The minimum atomic E-state index is -0.218. The van der Waals surface area contributed by atoms with Crippen LogP contribution in [-0.4, -0.2) is 23.1 Å². The summed E-state index contributed by atoms with van der Waals surface area (Å²) in [6.45, 7) is 1.88. The number of aromatic amines is 1. The van der Waals surface area contributed by atoms with Crippen molar-refractivity contribution in [3.8, 4) is 0 Å². The molecule has 1 fully saturated rings. The standard InChI is InChI=1S/C14H12BrN3O2/c15-8-3-4-10-9(7-8)11-12(20-10)13(19)17-14(16-11)18-5-1-2-6-18/h3-4,7H,1-2,5-6H2,(H,16,17,19). The molecule has 102 valence electrons. The molecule has 1 aliphatic rings. The minimum absolute atomic E-state index is 0.218. The average Bonchev–Trinajstić information content (AvgIpc) is 3.06. The summed E-state index contributed by atoms with van der Waals surface area (Å²) in [4.78, 5) is 21.7. The number of benzene rings is 1. The van der Waals surface area contributed by atoms with E-state index in [4.69, 9.17) is 4.42 Å². The predicted octanol–water partition coefficient (Wildman–Crippen LogP) is 3.03. The molecule has 3 heterocycles. The van der Waals surface area contributed by atoms with Gasteiger partial charge in [-0.1, -0.05) is 15.9 Å². The third kappa shape index (κ3) is 1.75. The molecule has 1 aliphatic heterocycles. The zero-order chi connectivity index (χ0) is 13.7. The molecule has 0 amide bonds. The van der Waals surface area contributed by atoms with Crippen molar-refractivity contribution in [1.29, 1.82) is 0 Å². The second-order valence-corrected chi connectivity index (χ2v) is 5.92. The maximum Gasteiger partial charge on any atom is 0.296 e. The van der Waals surface area contributed by atoms with Crippen LogP contribution in [0.2, 0.25) is 0 Å². The second kappa shape index (κ2) is 4.34. The molecule has 3 aromatic rings. The van der Waals surface area contributed by atoms with Crippen molar-refractivity contribution in [3.05, 3.63) is 33.0 Å². The molecule has 0 radical (unpaired) electrons. The van der Waals surface area contributed by atoms with Crippen molar-refractivity contribution >= 4 is 43.9 Å². The van der Waals surface area contributed by atoms with Crippen molar-refractivity contribution in [2.24, 2.45) is 0 Å². The molecule has 0 bridgehead atoms. The van der Waals surface area contributed by atoms with Gasteiger partial charge < -0.3 is 9.32 Å². The quantitative estimate of drug-likeness (QED) is 0.743. The molecule has 0 atom stereocenters. The van der Waals surface area contributed by atoms with E-state index in [0.29, 0.717) is 22.6 Å². The van der Waals surface area contributed by atoms with Crippen LogP contribution >= 0.6 is 15.9 Å². The van der Waals surface area contributed by atoms with Gasteiger partial charge in [0.2, 0.25) is 11.5 Å². The molecular formula is C14H12BrN3O2. The Labute approximate surface area is 122 Å². The van der Waals surface area contributed by atoms with E-state index in [2.05, 4.69) is 30.8 Å². The largest absolute Gasteiger partial charge is 0.449 e. The molecule has 4 rings (SSSR count). The summed E-state index contributed by atoms with van der Waals surface area (Å²) >= 11 is 3.44. The fraction of sp³-hybridized carbons (Fsp3) is 0.286. The first-order valence-corrected chi connectivity index (χ1v) is 7.39. The molecule has 0 spiro atoms. The first-order valence-electron chi connectivity index (χ1n) is 6.59. The van der Waals surface area contributed by atoms with Crippen LogP contribution in [0, 0.1) is 0 Å². The molecule has 0 aliphatic carbocycles. The summed E-state index contributed by atoms with van der Waals surface area (Å²) in [5.74, 6) is 0.641. The third-order valence-corrected chi connectivity index (χ3v) is 4.17. The van der Waals surface area contributed by atoms with Gasteiger partial charge in [-0.2, -0.15) is 0 Å². The minimum Gasteiger partial charge on any atom is -0.449 e. The lowest BCUT2D eigenvalue weighted by atomic mass is 10.2. The monoisotopic (exact) mass is 333 g/mol. The van der Waals surface area contributed by atoms with E-state index in [-0.39, 0.29) is 5.56 Å². The number of hydrogen-bond acceptors (Lipinski definition) is 4. The zero-order valence-electron chi connectivity index (χ0n) is 10.6. The molecule has 2 aromatic heterocycles. The second-order valence-electron chi connectivity index (χ2n) is 5.00. The van der Waals surface area contributed by atoms with Gasteiger partial charge in [-0.25, -0.2) is 4.98 Å². The Hall–Kier alpha value is -1.82. The molecule has 20 heavy (non-hydrogen) atoms. The number of fused-ring (bicyclic) bond motifs is 3. The van der Waals surface area contributed by atoms with Crippen LogP contribution in [0.4, 0.5) is 5.95 Å². The van der Waals surface area contributed by atoms with Gasteiger partial charge in [-0.05, 0) is 31.0 Å². The highest BCUT2D eigenvalue weighted by Crippen LogP contribution is 2.29. The van der Waals surface area contributed by atoms with Crippen LogP contribution in [0.25, 0.3) is 22.1 Å². The number of nitrogens with zero attached hydrogens (tertiary/aromatic N) is 2. The van der Waals surface area contributed by atoms with Crippen LogP contribution in [0.15, 0.2) is 31.9 Å². The fourth-order valence-corrected chi connectivity index (χ4v) is 3.05. The average molecular weight is 334 g/mol. The molecule has 6 heteroatoms.